The summed E-state index contributed by atoms with van der Waals surface area (Å²) in [4.78, 5) is 82.6. The Morgan fingerprint density at radius 1 is 0.816 bits per heavy atom. The summed E-state index contributed by atoms with van der Waals surface area (Å²) < 4.78 is 0. The monoisotopic (exact) mass is 701 g/mol. The summed E-state index contributed by atoms with van der Waals surface area (Å²) in [5.74, 6) is -2.84. The number of unbranched alkanes of at least 4 members (excludes halogenated alkanes) is 3. The number of benzene rings is 1. The Balaban J connectivity index is 2.21. The van der Waals surface area contributed by atoms with Crippen LogP contribution in [0.2, 0.25) is 0 Å². The first-order valence-corrected chi connectivity index (χ1v) is 17.5. The number of nitrogens with one attached hydrogen (secondary N) is 3. The topological polar surface area (TPSA) is 258 Å². The molecule has 15 nitrogen and oxygen atoms in total. The first kappa shape index (κ1) is 40.7. The second-order valence-corrected chi connectivity index (χ2v) is 12.7. The molecule has 0 bridgehead atoms. The van der Waals surface area contributed by atoms with Crippen LogP contribution in [0.5, 0.6) is 0 Å². The highest BCUT2D eigenvalue weighted by Gasteiger charge is 2.34. The fourth-order valence-electron chi connectivity index (χ4n) is 4.91. The maximum absolute atomic E-state index is 13.6. The lowest BCUT2D eigenvalue weighted by Gasteiger charge is -2.25. The van der Waals surface area contributed by atoms with E-state index in [9.17, 15) is 28.8 Å². The minimum absolute atomic E-state index is 0.112. The number of nitrogens with two attached hydrogens (primary N) is 4. The van der Waals surface area contributed by atoms with Gasteiger partial charge in [0, 0.05) is 18.7 Å². The van der Waals surface area contributed by atoms with E-state index < -0.39 is 41.8 Å². The number of rotatable bonds is 22. The zero-order valence-electron chi connectivity index (χ0n) is 28.4. The van der Waals surface area contributed by atoms with E-state index in [1.54, 1.807) is 30.3 Å². The normalized spacial score (nSPS) is 15.4. The quantitative estimate of drug-likeness (QED) is 0.0396. The smallest absolute Gasteiger partial charge is 0.293 e. The Morgan fingerprint density at radius 3 is 2.00 bits per heavy atom. The molecule has 49 heavy (non-hydrogen) atoms. The molecule has 0 unspecified atom stereocenters. The van der Waals surface area contributed by atoms with Crippen LogP contribution < -0.4 is 38.9 Å². The summed E-state index contributed by atoms with van der Waals surface area (Å²) in [6, 6.07) is 3.39. The number of amides is 6. The number of guanidine groups is 1. The van der Waals surface area contributed by atoms with E-state index in [0.29, 0.717) is 55.7 Å². The maximum Gasteiger partial charge on any atom is 0.293 e. The highest BCUT2D eigenvalue weighted by molar-refractivity contribution is 8.18. The van der Waals surface area contributed by atoms with Crippen molar-refractivity contribution in [3.63, 3.8) is 0 Å². The van der Waals surface area contributed by atoms with Crippen molar-refractivity contribution < 1.29 is 28.8 Å². The van der Waals surface area contributed by atoms with Gasteiger partial charge < -0.3 is 38.9 Å². The molecule has 1 aromatic rings. The first-order chi connectivity index (χ1) is 23.4. The number of primary amides is 1. The molecular weight excluding hydrogens is 650 g/mol. The van der Waals surface area contributed by atoms with E-state index >= 15 is 0 Å². The Labute approximate surface area is 291 Å². The third kappa shape index (κ3) is 13.9. The average molecular weight is 702 g/mol. The second kappa shape index (κ2) is 21.5. The van der Waals surface area contributed by atoms with Crippen molar-refractivity contribution in [3.8, 4) is 0 Å². The molecule has 0 saturated carbocycles. The van der Waals surface area contributed by atoms with Gasteiger partial charge in [-0.1, -0.05) is 45.2 Å². The third-order valence-corrected chi connectivity index (χ3v) is 8.64. The van der Waals surface area contributed by atoms with Crippen LogP contribution in [0.3, 0.4) is 0 Å². The molecule has 270 valence electrons. The molecule has 1 heterocycles. The third-order valence-electron chi connectivity index (χ3n) is 7.73. The van der Waals surface area contributed by atoms with Crippen LogP contribution in [0.1, 0.15) is 94.0 Å². The number of carbonyl (C=O) groups is 6. The number of nitrogens with zero attached hydrogens (tertiary/aromatic N) is 2. The maximum atomic E-state index is 13.6. The summed E-state index contributed by atoms with van der Waals surface area (Å²) in [5.41, 5.74) is 22.9. The molecule has 1 saturated heterocycles. The lowest BCUT2D eigenvalue weighted by Crippen LogP contribution is -2.56. The number of hydrogen-bond acceptors (Lipinski definition) is 9. The number of carbonyl (C=O) groups excluding carboxylic acids is 6. The van der Waals surface area contributed by atoms with E-state index in [1.807, 2.05) is 13.8 Å². The van der Waals surface area contributed by atoms with Crippen LogP contribution in [0.15, 0.2) is 34.2 Å². The van der Waals surface area contributed by atoms with E-state index in [0.717, 1.165) is 31.0 Å². The van der Waals surface area contributed by atoms with Crippen molar-refractivity contribution in [1.82, 2.24) is 20.9 Å². The predicted octanol–water partition coefficient (Wildman–Crippen LogP) is 1.45. The molecule has 2 rings (SSSR count). The summed E-state index contributed by atoms with van der Waals surface area (Å²) in [7, 11) is 0. The molecular formula is C33H51N9O6S. The molecule has 1 fully saturated rings. The Kier molecular flexibility index (Phi) is 17.9. The molecule has 0 aromatic heterocycles. The van der Waals surface area contributed by atoms with Crippen molar-refractivity contribution in [2.75, 3.05) is 19.6 Å². The first-order valence-electron chi connectivity index (χ1n) is 16.7. The summed E-state index contributed by atoms with van der Waals surface area (Å²) in [6.45, 7) is 4.90. The van der Waals surface area contributed by atoms with Gasteiger partial charge in [-0.15, -0.1) is 0 Å². The van der Waals surface area contributed by atoms with Gasteiger partial charge in [0.2, 0.25) is 17.7 Å². The highest BCUT2D eigenvalue weighted by atomic mass is 32.2. The van der Waals surface area contributed by atoms with Crippen LogP contribution >= 0.6 is 11.8 Å². The standard InChI is InChI=1S/C33H51N9O6S/c1-3-5-10-23(27(35)43)39-29(45)24(11-7-8-17-34)41-30(46)25(12-9-18-38-32(36)37)40-28(44)22-15-13-21(14-16-22)20-26-31(47)42(19-6-4-2)33(48)49-26/h13-16,20,23-25H,3-12,17-19,34H2,1-2H3,(H2,35,43)(H,39,45)(H,40,44)(H,41,46)(H4,36,37,38)/b26-20-/t23-,24-,25-/m0/s1. The number of aliphatic imine (C=N–C) groups is 1. The number of imide groups is 1. The summed E-state index contributed by atoms with van der Waals surface area (Å²) >= 11 is 0.873. The molecule has 0 radical (unpaired) electrons. The summed E-state index contributed by atoms with van der Waals surface area (Å²) in [6.07, 6.45) is 6.90. The van der Waals surface area contributed by atoms with Crippen LogP contribution in [-0.4, -0.2) is 83.4 Å². The largest absolute Gasteiger partial charge is 0.370 e. The van der Waals surface area contributed by atoms with E-state index in [2.05, 4.69) is 20.9 Å². The van der Waals surface area contributed by atoms with Gasteiger partial charge in [0.1, 0.15) is 18.1 Å². The van der Waals surface area contributed by atoms with Crippen LogP contribution in [0.4, 0.5) is 4.79 Å². The van der Waals surface area contributed by atoms with Gasteiger partial charge in [-0.3, -0.25) is 38.7 Å². The van der Waals surface area contributed by atoms with E-state index in [4.69, 9.17) is 22.9 Å². The van der Waals surface area contributed by atoms with Gasteiger partial charge in [-0.25, -0.2) is 0 Å². The molecule has 1 aromatic carbocycles. The Morgan fingerprint density at radius 2 is 1.41 bits per heavy atom. The Bertz CT molecular complexity index is 1360. The lowest BCUT2D eigenvalue weighted by molar-refractivity contribution is -0.132. The van der Waals surface area contributed by atoms with Crippen molar-refractivity contribution in [2.24, 2.45) is 27.9 Å². The highest BCUT2D eigenvalue weighted by Crippen LogP contribution is 2.32. The molecule has 1 aliphatic heterocycles. The van der Waals surface area contributed by atoms with Gasteiger partial charge in [0.05, 0.1) is 4.91 Å². The minimum atomic E-state index is -1.06. The lowest BCUT2D eigenvalue weighted by atomic mass is 10.0. The van der Waals surface area contributed by atoms with Crippen molar-refractivity contribution in [2.45, 2.75) is 96.2 Å². The fraction of sp³-hybridized carbons (Fsp3) is 0.545. The van der Waals surface area contributed by atoms with Crippen molar-refractivity contribution in [1.29, 1.82) is 0 Å². The van der Waals surface area contributed by atoms with Crippen molar-refractivity contribution >= 4 is 58.6 Å². The van der Waals surface area contributed by atoms with Gasteiger partial charge in [0.15, 0.2) is 5.96 Å². The SMILES string of the molecule is CCCC[C@H](NC(=O)[C@H](CCCCN)NC(=O)[C@H](CCCN=C(N)N)NC(=O)c1ccc(/C=C2\SC(=O)N(CCCC)C2=O)cc1)C(N)=O. The van der Waals surface area contributed by atoms with Gasteiger partial charge >= 0.3 is 0 Å². The average Bonchev–Trinajstić information content (AvgIpc) is 3.33. The molecule has 6 amide bonds. The van der Waals surface area contributed by atoms with Crippen LogP contribution in [0.25, 0.3) is 6.08 Å². The fourth-order valence-corrected chi connectivity index (χ4v) is 5.77. The summed E-state index contributed by atoms with van der Waals surface area (Å²) in [5, 5.41) is 7.83. The predicted molar refractivity (Wildman–Crippen MR) is 191 cm³/mol. The van der Waals surface area contributed by atoms with E-state index in [-0.39, 0.29) is 42.1 Å². The van der Waals surface area contributed by atoms with Gasteiger partial charge in [0.25, 0.3) is 17.1 Å². The zero-order valence-corrected chi connectivity index (χ0v) is 29.2. The van der Waals surface area contributed by atoms with Gasteiger partial charge in [-0.05, 0) is 87.0 Å². The van der Waals surface area contributed by atoms with Crippen molar-refractivity contribution in [3.05, 3.63) is 40.3 Å². The zero-order chi connectivity index (χ0) is 36.3. The molecule has 16 heteroatoms. The molecule has 0 aliphatic carbocycles. The molecule has 11 N–H and O–H groups in total. The number of hydrogen-bond donors (Lipinski definition) is 7. The minimum Gasteiger partial charge on any atom is -0.370 e. The Hall–Kier alpha value is -4.44. The molecule has 3 atom stereocenters. The molecule has 1 aliphatic rings. The van der Waals surface area contributed by atoms with Crippen LogP contribution in [-0.2, 0) is 19.2 Å². The molecule has 0 spiro atoms. The van der Waals surface area contributed by atoms with E-state index in [1.165, 1.54) is 4.90 Å². The second-order valence-electron chi connectivity index (χ2n) is 11.7. The van der Waals surface area contributed by atoms with Crippen LogP contribution in [0, 0.1) is 0 Å². The van der Waals surface area contributed by atoms with Gasteiger partial charge in [-0.2, -0.15) is 0 Å². The number of thioether (sulfide) groups is 1.